The summed E-state index contributed by atoms with van der Waals surface area (Å²) in [7, 11) is 1.61. The minimum absolute atomic E-state index is 0.299. The van der Waals surface area contributed by atoms with E-state index in [9.17, 15) is 4.79 Å². The van der Waals surface area contributed by atoms with E-state index in [1.54, 1.807) is 19.2 Å². The molecule has 1 aromatic rings. The van der Waals surface area contributed by atoms with Gasteiger partial charge in [-0.15, -0.1) is 0 Å². The molecule has 19 heavy (non-hydrogen) atoms. The van der Waals surface area contributed by atoms with Gasteiger partial charge in [-0.2, -0.15) is 0 Å². The predicted molar refractivity (Wildman–Crippen MR) is 73.5 cm³/mol. The Kier molecular flexibility index (Phi) is 7.25. The molecule has 1 aromatic carbocycles. The maximum Gasteiger partial charge on any atom is 0.338 e. The number of hydrogen-bond donors (Lipinski definition) is 1. The molecule has 0 aliphatic carbocycles. The number of nitrogen functional groups attached to an aromatic ring is 1. The standard InChI is InChI=1S/C13H18ClNO4/c1-17-7-8-18-5-2-6-19-13(16)10-3-4-12(15)11(14)9-10/h3-4,9H,2,5-8,15H2,1H3. The van der Waals surface area contributed by atoms with Crippen LogP contribution >= 0.6 is 11.6 Å². The Hall–Kier alpha value is -1.30. The summed E-state index contributed by atoms with van der Waals surface area (Å²) in [5, 5.41) is 0.345. The van der Waals surface area contributed by atoms with Crippen molar-refractivity contribution in [1.82, 2.24) is 0 Å². The molecule has 0 fully saturated rings. The number of ether oxygens (including phenoxy) is 3. The SMILES string of the molecule is COCCOCCCOC(=O)c1ccc(N)c(Cl)c1. The molecule has 0 aliphatic rings. The number of esters is 1. The summed E-state index contributed by atoms with van der Waals surface area (Å²) in [6.07, 6.45) is 0.637. The lowest BCUT2D eigenvalue weighted by Gasteiger charge is -2.06. The summed E-state index contributed by atoms with van der Waals surface area (Å²) in [6, 6.07) is 4.65. The topological polar surface area (TPSA) is 70.8 Å². The molecule has 0 saturated heterocycles. The number of rotatable bonds is 8. The first-order valence-electron chi connectivity index (χ1n) is 5.94. The maximum atomic E-state index is 11.7. The van der Waals surface area contributed by atoms with Crippen LogP contribution in [-0.4, -0.2) is 39.5 Å². The lowest BCUT2D eigenvalue weighted by atomic mass is 10.2. The van der Waals surface area contributed by atoms with Crippen molar-refractivity contribution < 1.29 is 19.0 Å². The van der Waals surface area contributed by atoms with Crippen LogP contribution in [0.3, 0.4) is 0 Å². The van der Waals surface area contributed by atoms with Crippen molar-refractivity contribution in [1.29, 1.82) is 0 Å². The van der Waals surface area contributed by atoms with Gasteiger partial charge in [0.25, 0.3) is 0 Å². The van der Waals surface area contributed by atoms with Crippen molar-refractivity contribution in [3.63, 3.8) is 0 Å². The van der Waals surface area contributed by atoms with E-state index >= 15 is 0 Å². The molecule has 0 unspecified atom stereocenters. The van der Waals surface area contributed by atoms with Gasteiger partial charge in [-0.1, -0.05) is 11.6 Å². The second-order valence-electron chi connectivity index (χ2n) is 3.83. The van der Waals surface area contributed by atoms with Crippen molar-refractivity contribution >= 4 is 23.3 Å². The fourth-order valence-corrected chi connectivity index (χ4v) is 1.49. The maximum absolute atomic E-state index is 11.7. The fraction of sp³-hybridized carbons (Fsp3) is 0.462. The average Bonchev–Trinajstić information content (AvgIpc) is 2.40. The van der Waals surface area contributed by atoms with Crippen LogP contribution in [0.15, 0.2) is 18.2 Å². The molecule has 0 aromatic heterocycles. The van der Waals surface area contributed by atoms with Crippen LogP contribution in [0.4, 0.5) is 5.69 Å². The molecule has 1 rings (SSSR count). The van der Waals surface area contributed by atoms with Gasteiger partial charge in [0.05, 0.1) is 36.1 Å². The van der Waals surface area contributed by atoms with Crippen molar-refractivity contribution in [3.05, 3.63) is 28.8 Å². The predicted octanol–water partition coefficient (Wildman–Crippen LogP) is 2.13. The molecule has 5 nitrogen and oxygen atoms in total. The second kappa shape index (κ2) is 8.74. The summed E-state index contributed by atoms with van der Waals surface area (Å²) in [4.78, 5) is 11.7. The van der Waals surface area contributed by atoms with Crippen LogP contribution in [0.1, 0.15) is 16.8 Å². The molecule has 0 amide bonds. The molecule has 6 heteroatoms. The van der Waals surface area contributed by atoms with E-state index in [1.165, 1.54) is 6.07 Å². The third kappa shape index (κ3) is 5.92. The van der Waals surface area contributed by atoms with Crippen LogP contribution in [0.5, 0.6) is 0 Å². The zero-order valence-corrected chi connectivity index (χ0v) is 11.6. The second-order valence-corrected chi connectivity index (χ2v) is 4.24. The first-order valence-corrected chi connectivity index (χ1v) is 6.31. The number of benzene rings is 1. The monoisotopic (exact) mass is 287 g/mol. The summed E-state index contributed by atoms with van der Waals surface area (Å²) in [5.41, 5.74) is 6.38. The van der Waals surface area contributed by atoms with E-state index in [2.05, 4.69) is 0 Å². The van der Waals surface area contributed by atoms with Crippen molar-refractivity contribution in [3.8, 4) is 0 Å². The smallest absolute Gasteiger partial charge is 0.338 e. The van der Waals surface area contributed by atoms with E-state index in [1.807, 2.05) is 0 Å². The molecule has 0 radical (unpaired) electrons. The normalized spacial score (nSPS) is 10.4. The van der Waals surface area contributed by atoms with Gasteiger partial charge >= 0.3 is 5.97 Å². The highest BCUT2D eigenvalue weighted by Crippen LogP contribution is 2.20. The van der Waals surface area contributed by atoms with Crippen LogP contribution in [0.25, 0.3) is 0 Å². The van der Waals surface area contributed by atoms with Gasteiger partial charge in [0.2, 0.25) is 0 Å². The zero-order valence-electron chi connectivity index (χ0n) is 10.9. The van der Waals surface area contributed by atoms with E-state index in [0.717, 1.165) is 0 Å². The van der Waals surface area contributed by atoms with Crippen molar-refractivity contribution in [2.24, 2.45) is 0 Å². The highest BCUT2D eigenvalue weighted by molar-refractivity contribution is 6.33. The molecule has 0 saturated carbocycles. The molecule has 106 valence electrons. The van der Waals surface area contributed by atoms with Crippen LogP contribution in [-0.2, 0) is 14.2 Å². The molecule has 2 N–H and O–H groups in total. The highest BCUT2D eigenvalue weighted by Gasteiger charge is 2.08. The third-order valence-electron chi connectivity index (χ3n) is 2.33. The van der Waals surface area contributed by atoms with Crippen LogP contribution in [0, 0.1) is 0 Å². The van der Waals surface area contributed by atoms with E-state index in [4.69, 9.17) is 31.5 Å². The Morgan fingerprint density at radius 3 is 2.74 bits per heavy atom. The lowest BCUT2D eigenvalue weighted by molar-refractivity contribution is 0.0385. The zero-order chi connectivity index (χ0) is 14.1. The third-order valence-corrected chi connectivity index (χ3v) is 2.66. The van der Waals surface area contributed by atoms with Gasteiger partial charge in [-0.25, -0.2) is 4.79 Å². The van der Waals surface area contributed by atoms with Gasteiger partial charge in [0.1, 0.15) is 0 Å². The number of carbonyl (C=O) groups excluding carboxylic acids is 1. The number of carbonyl (C=O) groups is 1. The van der Waals surface area contributed by atoms with Crippen molar-refractivity contribution in [2.75, 3.05) is 39.3 Å². The Morgan fingerprint density at radius 1 is 1.26 bits per heavy atom. The fourth-order valence-electron chi connectivity index (χ4n) is 1.31. The molecular formula is C13H18ClNO4. The molecule has 0 bridgehead atoms. The van der Waals surface area contributed by atoms with Crippen LogP contribution < -0.4 is 5.73 Å². The molecule has 0 atom stereocenters. The largest absolute Gasteiger partial charge is 0.462 e. The first-order chi connectivity index (χ1) is 9.15. The molecule has 0 aliphatic heterocycles. The summed E-state index contributed by atoms with van der Waals surface area (Å²) in [6.45, 7) is 1.93. The number of hydrogen-bond acceptors (Lipinski definition) is 5. The molecule has 0 spiro atoms. The van der Waals surface area contributed by atoms with E-state index in [-0.39, 0.29) is 0 Å². The lowest BCUT2D eigenvalue weighted by Crippen LogP contribution is -2.10. The summed E-state index contributed by atoms with van der Waals surface area (Å²) < 4.78 is 15.2. The van der Waals surface area contributed by atoms with E-state index in [0.29, 0.717) is 49.1 Å². The number of halogens is 1. The number of anilines is 1. The Labute approximate surface area is 117 Å². The van der Waals surface area contributed by atoms with Crippen LogP contribution in [0.2, 0.25) is 5.02 Å². The van der Waals surface area contributed by atoms with Gasteiger partial charge in [-0.3, -0.25) is 0 Å². The quantitative estimate of drug-likeness (QED) is 0.450. The van der Waals surface area contributed by atoms with Gasteiger partial charge in [0, 0.05) is 20.1 Å². The first kappa shape index (κ1) is 15.8. The van der Waals surface area contributed by atoms with Gasteiger partial charge < -0.3 is 19.9 Å². The van der Waals surface area contributed by atoms with Gasteiger partial charge in [-0.05, 0) is 18.2 Å². The Bertz CT molecular complexity index is 412. The average molecular weight is 288 g/mol. The Balaban J connectivity index is 2.22. The summed E-state index contributed by atoms with van der Waals surface area (Å²) in [5.74, 6) is -0.418. The van der Waals surface area contributed by atoms with Crippen molar-refractivity contribution in [2.45, 2.75) is 6.42 Å². The van der Waals surface area contributed by atoms with E-state index < -0.39 is 5.97 Å². The molecular weight excluding hydrogens is 270 g/mol. The minimum atomic E-state index is -0.418. The molecule has 0 heterocycles. The van der Waals surface area contributed by atoms with Gasteiger partial charge in [0.15, 0.2) is 0 Å². The number of methoxy groups -OCH3 is 1. The summed E-state index contributed by atoms with van der Waals surface area (Å²) >= 11 is 5.83. The number of nitrogens with two attached hydrogens (primary N) is 1. The minimum Gasteiger partial charge on any atom is -0.462 e. The highest BCUT2D eigenvalue weighted by atomic mass is 35.5. The Morgan fingerprint density at radius 2 is 2.05 bits per heavy atom.